The van der Waals surface area contributed by atoms with Crippen molar-refractivity contribution in [1.29, 1.82) is 15.8 Å². The van der Waals surface area contributed by atoms with E-state index in [1.807, 2.05) is 25.1 Å². The molecule has 104 valence electrons. The third-order valence-corrected chi connectivity index (χ3v) is 4.61. The maximum atomic E-state index is 12.2. The second-order valence-corrected chi connectivity index (χ2v) is 5.75. The molecule has 20 heavy (non-hydrogen) atoms. The summed E-state index contributed by atoms with van der Waals surface area (Å²) in [6.45, 7) is 1.98. The minimum absolute atomic E-state index is 0.142. The Kier molecular flexibility index (Phi) is 3.20. The summed E-state index contributed by atoms with van der Waals surface area (Å²) in [6, 6.07) is 5.74. The first kappa shape index (κ1) is 14.3. The average molecular weight is 272 g/mol. The quantitative estimate of drug-likeness (QED) is 0.792. The topological polar surface area (TPSA) is 121 Å². The Labute approximate surface area is 117 Å². The number of unbranched alkanes of at least 4 members (excludes halogenated alkanes) is 1. The largest absolute Gasteiger partial charge is 0.371 e. The lowest BCUT2D eigenvalue weighted by molar-refractivity contribution is -0.128. The molecule has 0 aromatic heterocycles. The van der Waals surface area contributed by atoms with Gasteiger partial charge >= 0.3 is 0 Å². The fraction of sp³-hybridized carbons (Fsp3) is 0.714. The van der Waals surface area contributed by atoms with Crippen molar-refractivity contribution in [2.24, 2.45) is 16.7 Å². The second kappa shape index (κ2) is 4.47. The Hall–Kier alpha value is -2.10. The molecular weight excluding hydrogens is 256 g/mol. The molecule has 1 saturated heterocycles. The SMILES string of the molecule is CCCC[C@H]1C[C@@]2(O)C[C@](C#N)(C(=O)N2)C1(C#N)C#N. The van der Waals surface area contributed by atoms with Crippen LogP contribution in [-0.4, -0.2) is 16.7 Å². The molecule has 2 aliphatic rings. The van der Waals surface area contributed by atoms with Crippen LogP contribution in [-0.2, 0) is 4.79 Å². The summed E-state index contributed by atoms with van der Waals surface area (Å²) < 4.78 is 0. The van der Waals surface area contributed by atoms with Gasteiger partial charge in [-0.05, 0) is 12.3 Å². The van der Waals surface area contributed by atoms with Crippen molar-refractivity contribution >= 4 is 5.91 Å². The first-order valence-electron chi connectivity index (χ1n) is 6.72. The normalized spacial score (nSPS) is 37.4. The highest BCUT2D eigenvalue weighted by Crippen LogP contribution is 2.60. The molecule has 1 saturated carbocycles. The molecule has 2 bridgehead atoms. The van der Waals surface area contributed by atoms with E-state index in [4.69, 9.17) is 0 Å². The van der Waals surface area contributed by atoms with Gasteiger partial charge in [0, 0.05) is 12.8 Å². The highest BCUT2D eigenvalue weighted by Gasteiger charge is 2.73. The number of fused-ring (bicyclic) bond motifs is 2. The molecule has 2 N–H and O–H groups in total. The summed E-state index contributed by atoms with van der Waals surface area (Å²) in [5.74, 6) is -1.20. The van der Waals surface area contributed by atoms with Crippen LogP contribution in [0.3, 0.4) is 0 Å². The molecule has 2 fully saturated rings. The number of amides is 1. The fourth-order valence-electron chi connectivity index (χ4n) is 3.58. The number of carbonyl (C=O) groups excluding carboxylic acids is 1. The lowest BCUT2D eigenvalue weighted by Crippen LogP contribution is -2.53. The Morgan fingerprint density at radius 3 is 2.50 bits per heavy atom. The molecule has 0 spiro atoms. The lowest BCUT2D eigenvalue weighted by Gasteiger charge is -2.43. The Morgan fingerprint density at radius 2 is 2.00 bits per heavy atom. The van der Waals surface area contributed by atoms with E-state index in [0.29, 0.717) is 6.42 Å². The first-order valence-corrected chi connectivity index (χ1v) is 6.72. The van der Waals surface area contributed by atoms with E-state index in [1.54, 1.807) is 0 Å². The van der Waals surface area contributed by atoms with Gasteiger partial charge in [0.1, 0.15) is 5.72 Å². The summed E-state index contributed by atoms with van der Waals surface area (Å²) in [5.41, 5.74) is -4.94. The molecule has 6 nitrogen and oxygen atoms in total. The maximum absolute atomic E-state index is 12.2. The van der Waals surface area contributed by atoms with Crippen LogP contribution in [0.1, 0.15) is 39.0 Å². The Bertz CT molecular complexity index is 553. The minimum Gasteiger partial charge on any atom is -0.371 e. The number of carbonyl (C=O) groups is 1. The molecule has 1 aliphatic heterocycles. The minimum atomic E-state index is -1.78. The van der Waals surface area contributed by atoms with Crippen molar-refractivity contribution in [1.82, 2.24) is 5.32 Å². The number of nitrogens with one attached hydrogen (secondary N) is 1. The van der Waals surface area contributed by atoms with Crippen molar-refractivity contribution in [3.05, 3.63) is 0 Å². The molecule has 1 heterocycles. The average Bonchev–Trinajstić information content (AvgIpc) is 2.66. The molecular formula is C14H16N4O2. The van der Waals surface area contributed by atoms with Crippen LogP contribution in [0.25, 0.3) is 0 Å². The zero-order chi connectivity index (χ0) is 15.0. The van der Waals surface area contributed by atoms with Crippen LogP contribution in [0.2, 0.25) is 0 Å². The molecule has 1 amide bonds. The van der Waals surface area contributed by atoms with Crippen molar-refractivity contribution in [3.8, 4) is 18.2 Å². The van der Waals surface area contributed by atoms with Crippen LogP contribution >= 0.6 is 0 Å². The summed E-state index contributed by atoms with van der Waals surface area (Å²) in [7, 11) is 0. The van der Waals surface area contributed by atoms with Gasteiger partial charge in [0.25, 0.3) is 0 Å². The molecule has 0 aromatic carbocycles. The van der Waals surface area contributed by atoms with Gasteiger partial charge in [-0.15, -0.1) is 0 Å². The lowest BCUT2D eigenvalue weighted by atomic mass is 9.52. The van der Waals surface area contributed by atoms with E-state index in [2.05, 4.69) is 5.32 Å². The summed E-state index contributed by atoms with van der Waals surface area (Å²) in [4.78, 5) is 12.2. The highest BCUT2D eigenvalue weighted by atomic mass is 16.3. The molecule has 2 rings (SSSR count). The number of rotatable bonds is 3. The summed E-state index contributed by atoms with van der Waals surface area (Å²) in [6.07, 6.45) is 2.14. The first-order chi connectivity index (χ1) is 9.43. The van der Waals surface area contributed by atoms with E-state index < -0.39 is 28.4 Å². The van der Waals surface area contributed by atoms with Gasteiger partial charge in [-0.3, -0.25) is 4.79 Å². The van der Waals surface area contributed by atoms with Crippen LogP contribution in [0.5, 0.6) is 0 Å². The maximum Gasteiger partial charge on any atom is 0.245 e. The third kappa shape index (κ3) is 1.54. The van der Waals surface area contributed by atoms with Crippen molar-refractivity contribution < 1.29 is 9.90 Å². The van der Waals surface area contributed by atoms with Gasteiger partial charge < -0.3 is 10.4 Å². The predicted molar refractivity (Wildman–Crippen MR) is 67.0 cm³/mol. The van der Waals surface area contributed by atoms with Crippen LogP contribution in [0.15, 0.2) is 0 Å². The number of hydrogen-bond acceptors (Lipinski definition) is 5. The van der Waals surface area contributed by atoms with Crippen LogP contribution in [0.4, 0.5) is 0 Å². The van der Waals surface area contributed by atoms with Crippen LogP contribution in [0, 0.1) is 50.7 Å². The Morgan fingerprint density at radius 1 is 1.35 bits per heavy atom. The molecule has 0 radical (unpaired) electrons. The highest BCUT2D eigenvalue weighted by molar-refractivity contribution is 5.91. The predicted octanol–water partition coefficient (Wildman–Crippen LogP) is 0.949. The molecule has 6 heteroatoms. The third-order valence-electron chi connectivity index (χ3n) is 4.61. The zero-order valence-corrected chi connectivity index (χ0v) is 11.3. The number of hydrogen-bond donors (Lipinski definition) is 2. The molecule has 0 aromatic rings. The van der Waals surface area contributed by atoms with Crippen molar-refractivity contribution in [2.75, 3.05) is 0 Å². The summed E-state index contributed by atoms with van der Waals surface area (Å²) in [5, 5.41) is 41.3. The fourth-order valence-corrected chi connectivity index (χ4v) is 3.58. The van der Waals surface area contributed by atoms with Crippen molar-refractivity contribution in [2.45, 2.75) is 44.8 Å². The number of aliphatic hydroxyl groups is 1. The number of nitrogens with zero attached hydrogens (tertiary/aromatic N) is 3. The molecule has 3 atom stereocenters. The van der Waals surface area contributed by atoms with Crippen molar-refractivity contribution in [3.63, 3.8) is 0 Å². The van der Waals surface area contributed by atoms with Gasteiger partial charge in [-0.1, -0.05) is 19.8 Å². The van der Waals surface area contributed by atoms with Gasteiger partial charge in [0.15, 0.2) is 10.8 Å². The van der Waals surface area contributed by atoms with Gasteiger partial charge in [0.05, 0.1) is 18.2 Å². The standard InChI is InChI=1S/C14H16N4O2/c1-2-3-4-10-5-14(20)6-12(7-15,11(19)18-14)13(10,8-16)9-17/h10,20H,2-6H2,1H3,(H,18,19)/t10-,12-,14+/m0/s1. The van der Waals surface area contributed by atoms with E-state index in [9.17, 15) is 25.7 Å². The zero-order valence-electron chi connectivity index (χ0n) is 11.3. The molecule has 1 aliphatic carbocycles. The van der Waals surface area contributed by atoms with Gasteiger partial charge in [-0.2, -0.15) is 15.8 Å². The smallest absolute Gasteiger partial charge is 0.245 e. The van der Waals surface area contributed by atoms with E-state index in [-0.39, 0.29) is 12.8 Å². The molecule has 0 unspecified atom stereocenters. The summed E-state index contributed by atoms with van der Waals surface area (Å²) >= 11 is 0. The number of nitriles is 3. The second-order valence-electron chi connectivity index (χ2n) is 5.75. The Balaban J connectivity index is 2.58. The van der Waals surface area contributed by atoms with E-state index in [1.165, 1.54) is 0 Å². The van der Waals surface area contributed by atoms with Gasteiger partial charge in [0.2, 0.25) is 5.91 Å². The van der Waals surface area contributed by atoms with Gasteiger partial charge in [-0.25, -0.2) is 0 Å². The van der Waals surface area contributed by atoms with E-state index >= 15 is 0 Å². The van der Waals surface area contributed by atoms with E-state index in [0.717, 1.165) is 12.8 Å². The monoisotopic (exact) mass is 272 g/mol. The van der Waals surface area contributed by atoms with Crippen LogP contribution < -0.4 is 5.32 Å².